The Labute approximate surface area is 98.0 Å². The van der Waals surface area contributed by atoms with Crippen LogP contribution in [-0.4, -0.2) is 31.9 Å². The third kappa shape index (κ3) is 2.28. The molecule has 1 aliphatic heterocycles. The Morgan fingerprint density at radius 1 is 1.35 bits per heavy atom. The van der Waals surface area contributed by atoms with Crippen LogP contribution in [0.15, 0.2) is 34.2 Å². The van der Waals surface area contributed by atoms with Crippen LogP contribution in [0.2, 0.25) is 0 Å². The zero-order valence-electron chi connectivity index (χ0n) is 8.75. The lowest BCUT2D eigenvalue weighted by Crippen LogP contribution is -2.22. The lowest BCUT2D eigenvalue weighted by molar-refractivity contribution is -0.136. The van der Waals surface area contributed by atoms with Crippen molar-refractivity contribution < 1.29 is 18.3 Å². The number of sulfonamides is 1. The summed E-state index contributed by atoms with van der Waals surface area (Å²) in [7, 11) is -3.53. The fourth-order valence-corrected chi connectivity index (χ4v) is 2.77. The smallest absolute Gasteiger partial charge is 0.305 e. The molecular formula is C10H10N2O4S. The highest BCUT2D eigenvalue weighted by atomic mass is 32.2. The molecule has 1 aliphatic rings. The Bertz CT molecular complexity index is 592. The quantitative estimate of drug-likeness (QED) is 0.805. The van der Waals surface area contributed by atoms with E-state index >= 15 is 0 Å². The van der Waals surface area contributed by atoms with Gasteiger partial charge >= 0.3 is 5.97 Å². The van der Waals surface area contributed by atoms with Crippen molar-refractivity contribution in [3.8, 4) is 0 Å². The van der Waals surface area contributed by atoms with Gasteiger partial charge in [0.2, 0.25) is 0 Å². The summed E-state index contributed by atoms with van der Waals surface area (Å²) < 4.78 is 25.6. The lowest BCUT2D eigenvalue weighted by atomic mass is 10.2. The molecule has 90 valence electrons. The first-order chi connectivity index (χ1) is 8.00. The molecule has 0 radical (unpaired) electrons. The molecule has 0 fully saturated rings. The van der Waals surface area contributed by atoms with E-state index in [1.165, 1.54) is 6.07 Å². The minimum atomic E-state index is -3.53. The third-order valence-corrected chi connectivity index (χ3v) is 3.66. The lowest BCUT2D eigenvalue weighted by Gasteiger charge is -1.97. The number of carboxylic acids is 1. The molecule has 17 heavy (non-hydrogen) atoms. The van der Waals surface area contributed by atoms with Gasteiger partial charge < -0.3 is 5.11 Å². The summed E-state index contributed by atoms with van der Waals surface area (Å²) in [4.78, 5) is 14.5. The van der Waals surface area contributed by atoms with Gasteiger partial charge in [0.15, 0.2) is 0 Å². The van der Waals surface area contributed by atoms with E-state index in [-0.39, 0.29) is 23.7 Å². The van der Waals surface area contributed by atoms with Gasteiger partial charge in [0, 0.05) is 5.56 Å². The van der Waals surface area contributed by atoms with Gasteiger partial charge in [0.05, 0.1) is 17.9 Å². The minimum absolute atomic E-state index is 0.0432. The normalized spacial score (nSPS) is 18.7. The van der Waals surface area contributed by atoms with Crippen molar-refractivity contribution in [2.24, 2.45) is 4.99 Å². The number of fused-ring (bicyclic) bond motifs is 1. The summed E-state index contributed by atoms with van der Waals surface area (Å²) in [6, 6.07) is 6.44. The molecule has 0 bridgehead atoms. The van der Waals surface area contributed by atoms with Crippen LogP contribution in [0.5, 0.6) is 0 Å². The average Bonchev–Trinajstić information content (AvgIpc) is 2.51. The van der Waals surface area contributed by atoms with E-state index in [4.69, 9.17) is 5.11 Å². The summed E-state index contributed by atoms with van der Waals surface area (Å²) in [5.74, 6) is -0.759. The van der Waals surface area contributed by atoms with Crippen molar-refractivity contribution in [2.75, 3.05) is 6.54 Å². The van der Waals surface area contributed by atoms with Crippen LogP contribution in [0, 0.1) is 0 Å². The van der Waals surface area contributed by atoms with Crippen molar-refractivity contribution in [1.82, 2.24) is 4.72 Å². The van der Waals surface area contributed by atoms with E-state index in [0.29, 0.717) is 5.56 Å². The van der Waals surface area contributed by atoms with E-state index in [1.807, 2.05) is 0 Å². The van der Waals surface area contributed by atoms with E-state index < -0.39 is 16.0 Å². The predicted molar refractivity (Wildman–Crippen MR) is 60.4 cm³/mol. The maximum absolute atomic E-state index is 11.7. The van der Waals surface area contributed by atoms with Crippen molar-refractivity contribution in [1.29, 1.82) is 0 Å². The number of nitrogens with zero attached hydrogens (tertiary/aromatic N) is 1. The topological polar surface area (TPSA) is 95.8 Å². The number of carbonyl (C=O) groups is 1. The second kappa shape index (κ2) is 4.17. The Balaban J connectivity index is 2.32. The number of nitrogens with one attached hydrogen (secondary N) is 1. The van der Waals surface area contributed by atoms with E-state index in [9.17, 15) is 13.2 Å². The highest BCUT2D eigenvalue weighted by molar-refractivity contribution is 7.90. The zero-order valence-corrected chi connectivity index (χ0v) is 9.57. The number of carboxylic acid groups (broad SMARTS) is 1. The molecule has 2 N–H and O–H groups in total. The number of aliphatic imine (C=N–C) groups is 1. The Hall–Kier alpha value is -1.89. The van der Waals surface area contributed by atoms with Gasteiger partial charge in [-0.1, -0.05) is 12.1 Å². The van der Waals surface area contributed by atoms with Gasteiger partial charge in [-0.15, -0.1) is 0 Å². The Morgan fingerprint density at radius 3 is 2.76 bits per heavy atom. The maximum atomic E-state index is 11.7. The molecule has 0 saturated carbocycles. The molecule has 0 spiro atoms. The fraction of sp³-hybridized carbons (Fsp3) is 0.200. The van der Waals surface area contributed by atoms with Crippen LogP contribution in [0.1, 0.15) is 12.0 Å². The first kappa shape index (κ1) is 11.6. The number of benzene rings is 1. The minimum Gasteiger partial charge on any atom is -0.481 e. The maximum Gasteiger partial charge on any atom is 0.305 e. The molecule has 0 unspecified atom stereocenters. The van der Waals surface area contributed by atoms with Gasteiger partial charge in [0.25, 0.3) is 10.0 Å². The number of aliphatic carboxylic acids is 1. The van der Waals surface area contributed by atoms with Crippen LogP contribution in [0.3, 0.4) is 0 Å². The van der Waals surface area contributed by atoms with Gasteiger partial charge in [0.1, 0.15) is 5.84 Å². The Morgan fingerprint density at radius 2 is 2.06 bits per heavy atom. The van der Waals surface area contributed by atoms with Gasteiger partial charge in [-0.25, -0.2) is 8.42 Å². The molecule has 0 aliphatic carbocycles. The molecule has 1 heterocycles. The van der Waals surface area contributed by atoms with E-state index in [0.717, 1.165) is 0 Å². The third-order valence-electron chi connectivity index (χ3n) is 2.26. The molecule has 0 atom stereocenters. The largest absolute Gasteiger partial charge is 0.481 e. The van der Waals surface area contributed by atoms with Crippen LogP contribution in [0.4, 0.5) is 0 Å². The molecule has 7 heteroatoms. The predicted octanol–water partition coefficient (Wildman–Crippen LogP) is 0.200. The van der Waals surface area contributed by atoms with E-state index in [2.05, 4.69) is 9.71 Å². The van der Waals surface area contributed by atoms with Crippen molar-refractivity contribution >= 4 is 21.8 Å². The van der Waals surface area contributed by atoms with Crippen LogP contribution in [0.25, 0.3) is 0 Å². The molecule has 0 saturated heterocycles. The SMILES string of the molecule is O=C(O)CCN=C1NS(=O)(=O)c2ccccc21. The molecule has 1 aromatic carbocycles. The molecular weight excluding hydrogens is 244 g/mol. The van der Waals surface area contributed by atoms with E-state index in [1.54, 1.807) is 18.2 Å². The number of hydrogen-bond donors (Lipinski definition) is 2. The molecule has 6 nitrogen and oxygen atoms in total. The summed E-state index contributed by atoms with van der Waals surface area (Å²) in [5, 5.41) is 8.48. The van der Waals surface area contributed by atoms with Crippen molar-refractivity contribution in [3.05, 3.63) is 29.8 Å². The number of amidine groups is 1. The molecule has 0 amide bonds. The summed E-state index contributed by atoms with van der Waals surface area (Å²) in [6.07, 6.45) is -0.132. The molecule has 0 aromatic heterocycles. The van der Waals surface area contributed by atoms with Crippen molar-refractivity contribution in [3.63, 3.8) is 0 Å². The Kier molecular flexibility index (Phi) is 2.84. The highest BCUT2D eigenvalue weighted by Gasteiger charge is 2.29. The van der Waals surface area contributed by atoms with Gasteiger partial charge in [-0.2, -0.15) is 0 Å². The summed E-state index contributed by atoms with van der Waals surface area (Å²) in [5.41, 5.74) is 0.484. The monoisotopic (exact) mass is 254 g/mol. The van der Waals surface area contributed by atoms with Crippen LogP contribution < -0.4 is 4.72 Å². The molecule has 1 aromatic rings. The van der Waals surface area contributed by atoms with Crippen LogP contribution in [-0.2, 0) is 14.8 Å². The second-order valence-electron chi connectivity index (χ2n) is 3.48. The van der Waals surface area contributed by atoms with Gasteiger partial charge in [-0.05, 0) is 12.1 Å². The van der Waals surface area contributed by atoms with Gasteiger partial charge in [-0.3, -0.25) is 14.5 Å². The number of hydrogen-bond acceptors (Lipinski definition) is 4. The molecule has 2 rings (SSSR count). The number of rotatable bonds is 3. The first-order valence-corrected chi connectivity index (χ1v) is 6.37. The standard InChI is InChI=1S/C10H10N2O4S/c13-9(14)5-6-11-10-7-3-1-2-4-8(7)17(15,16)12-10/h1-4H,5-6H2,(H,11,12)(H,13,14). The average molecular weight is 254 g/mol. The first-order valence-electron chi connectivity index (χ1n) is 4.89. The second-order valence-corrected chi connectivity index (χ2v) is 5.13. The summed E-state index contributed by atoms with van der Waals surface area (Å²) >= 11 is 0. The summed E-state index contributed by atoms with van der Waals surface area (Å²) in [6.45, 7) is 0.0432. The highest BCUT2D eigenvalue weighted by Crippen LogP contribution is 2.21. The van der Waals surface area contributed by atoms with Crippen molar-refractivity contribution in [2.45, 2.75) is 11.3 Å². The fourth-order valence-electron chi connectivity index (χ4n) is 1.51. The van der Waals surface area contributed by atoms with Crippen LogP contribution >= 0.6 is 0 Å². The zero-order chi connectivity index (χ0) is 12.5.